The first-order valence-electron chi connectivity index (χ1n) is 13.4. The number of ether oxygens (including phenoxy) is 1. The Morgan fingerprint density at radius 1 is 1.08 bits per heavy atom. The zero-order valence-corrected chi connectivity index (χ0v) is 22.7. The third kappa shape index (κ3) is 4.65. The molecule has 39 heavy (non-hydrogen) atoms. The number of nitrogens with one attached hydrogen (secondary N) is 1. The zero-order valence-electron chi connectivity index (χ0n) is 22.7. The molecule has 2 aromatic heterocycles. The van der Waals surface area contributed by atoms with E-state index in [1.165, 1.54) is 6.08 Å². The smallest absolute Gasteiger partial charge is 0.246 e. The van der Waals surface area contributed by atoms with E-state index in [4.69, 9.17) is 14.7 Å². The van der Waals surface area contributed by atoms with Gasteiger partial charge < -0.3 is 24.3 Å². The lowest BCUT2D eigenvalue weighted by Gasteiger charge is -2.35. The van der Waals surface area contributed by atoms with Crippen LogP contribution in [0.3, 0.4) is 0 Å². The topological polar surface area (TPSA) is 93.7 Å². The number of aromatic nitrogens is 4. The van der Waals surface area contributed by atoms with Gasteiger partial charge in [-0.25, -0.2) is 4.98 Å². The summed E-state index contributed by atoms with van der Waals surface area (Å²) in [7, 11) is 4.24. The lowest BCUT2D eigenvalue weighted by molar-refractivity contribution is -0.126. The molecule has 0 bridgehead atoms. The molecule has 10 heteroatoms. The van der Waals surface area contributed by atoms with Crippen LogP contribution in [0.1, 0.15) is 12.0 Å². The lowest BCUT2D eigenvalue weighted by Crippen LogP contribution is -2.48. The highest BCUT2D eigenvalue weighted by molar-refractivity contribution is 5.95. The predicted octanol–water partition coefficient (Wildman–Crippen LogP) is 3.58. The van der Waals surface area contributed by atoms with Gasteiger partial charge in [0.15, 0.2) is 5.75 Å². The first-order valence-corrected chi connectivity index (χ1v) is 13.4. The first-order chi connectivity index (χ1) is 18.9. The van der Waals surface area contributed by atoms with Gasteiger partial charge in [0.2, 0.25) is 11.9 Å². The van der Waals surface area contributed by atoms with Crippen molar-refractivity contribution in [2.45, 2.75) is 19.4 Å². The molecule has 2 saturated heterocycles. The molecule has 0 aliphatic carbocycles. The maximum atomic E-state index is 12.2. The molecule has 2 aliphatic heterocycles. The summed E-state index contributed by atoms with van der Waals surface area (Å²) in [5.74, 6) is 2.99. The number of hydrogen-bond acceptors (Lipinski definition) is 8. The number of hydrogen-bond donors (Lipinski definition) is 1. The van der Waals surface area contributed by atoms with E-state index < -0.39 is 0 Å². The van der Waals surface area contributed by atoms with Crippen molar-refractivity contribution < 1.29 is 9.53 Å². The summed E-state index contributed by atoms with van der Waals surface area (Å²) in [6.45, 7) is 10.1. The Balaban J connectivity index is 1.43. The van der Waals surface area contributed by atoms with Crippen LogP contribution >= 0.6 is 0 Å². The normalized spacial score (nSPS) is 17.9. The van der Waals surface area contributed by atoms with E-state index in [0.717, 1.165) is 58.4 Å². The van der Waals surface area contributed by atoms with Gasteiger partial charge in [-0.05, 0) is 57.3 Å². The van der Waals surface area contributed by atoms with Gasteiger partial charge >= 0.3 is 0 Å². The van der Waals surface area contributed by atoms with E-state index in [2.05, 4.69) is 51.6 Å². The maximum absolute atomic E-state index is 12.2. The van der Waals surface area contributed by atoms with Crippen LogP contribution in [0.25, 0.3) is 21.8 Å². The molecule has 0 saturated carbocycles. The van der Waals surface area contributed by atoms with Crippen LogP contribution in [0.4, 0.5) is 11.8 Å². The summed E-state index contributed by atoms with van der Waals surface area (Å²) in [5, 5.41) is 9.10. The Morgan fingerprint density at radius 2 is 1.90 bits per heavy atom. The lowest BCUT2D eigenvalue weighted by atomic mass is 10.1. The molecule has 10 nitrogen and oxygen atoms in total. The van der Waals surface area contributed by atoms with Gasteiger partial charge in [0, 0.05) is 50.7 Å². The van der Waals surface area contributed by atoms with Crippen molar-refractivity contribution in [3.63, 3.8) is 0 Å². The van der Waals surface area contributed by atoms with E-state index in [-0.39, 0.29) is 5.91 Å². The molecule has 6 rings (SSSR count). The number of benzene rings is 2. The zero-order chi connectivity index (χ0) is 27.1. The van der Waals surface area contributed by atoms with Crippen LogP contribution in [-0.4, -0.2) is 95.3 Å². The quantitative estimate of drug-likeness (QED) is 0.381. The van der Waals surface area contributed by atoms with Crippen LogP contribution in [-0.2, 0) is 4.79 Å². The molecule has 2 fully saturated rings. The van der Waals surface area contributed by atoms with Gasteiger partial charge in [-0.15, -0.1) is 0 Å². The molecule has 1 amide bonds. The number of H-pyrrole nitrogens is 1. The predicted molar refractivity (Wildman–Crippen MR) is 154 cm³/mol. The van der Waals surface area contributed by atoms with E-state index in [0.29, 0.717) is 43.9 Å². The minimum absolute atomic E-state index is 0.0332. The summed E-state index contributed by atoms with van der Waals surface area (Å²) < 4.78 is 6.62. The van der Waals surface area contributed by atoms with Crippen molar-refractivity contribution in [3.05, 3.63) is 54.7 Å². The molecule has 202 valence electrons. The van der Waals surface area contributed by atoms with Gasteiger partial charge in [-0.1, -0.05) is 18.7 Å². The van der Waals surface area contributed by atoms with Crippen LogP contribution in [0.2, 0.25) is 0 Å². The summed E-state index contributed by atoms with van der Waals surface area (Å²) in [5.41, 5.74) is 2.72. The van der Waals surface area contributed by atoms with Crippen molar-refractivity contribution in [1.29, 1.82) is 0 Å². The number of nitrogens with zero attached hydrogens (tertiary/aromatic N) is 7. The number of carbonyl (C=O) groups excluding carboxylic acids is 1. The highest BCUT2D eigenvalue weighted by Gasteiger charge is 2.29. The highest BCUT2D eigenvalue weighted by atomic mass is 16.5. The third-order valence-electron chi connectivity index (χ3n) is 7.88. The minimum Gasteiger partial charge on any atom is -0.454 e. The fourth-order valence-corrected chi connectivity index (χ4v) is 5.52. The maximum Gasteiger partial charge on any atom is 0.246 e. The summed E-state index contributed by atoms with van der Waals surface area (Å²) in [4.78, 5) is 31.0. The number of anilines is 2. The second-order valence-corrected chi connectivity index (χ2v) is 10.5. The van der Waals surface area contributed by atoms with Crippen molar-refractivity contribution in [3.8, 4) is 11.5 Å². The average Bonchev–Trinajstić information content (AvgIpc) is 3.64. The molecule has 2 aromatic carbocycles. The Morgan fingerprint density at radius 3 is 2.64 bits per heavy atom. The minimum atomic E-state index is -0.0332. The number of amides is 1. The van der Waals surface area contributed by atoms with Gasteiger partial charge in [0.1, 0.15) is 17.1 Å². The number of piperazine rings is 1. The number of likely N-dealkylation sites (N-methyl/N-ethyl adjacent to an activating group) is 1. The Kier molecular flexibility index (Phi) is 6.56. The second kappa shape index (κ2) is 10.2. The summed E-state index contributed by atoms with van der Waals surface area (Å²) in [6.07, 6.45) is 4.24. The van der Waals surface area contributed by atoms with Crippen LogP contribution < -0.4 is 14.5 Å². The largest absolute Gasteiger partial charge is 0.454 e. The van der Waals surface area contributed by atoms with Crippen molar-refractivity contribution in [1.82, 2.24) is 30.0 Å². The molecular formula is C29H34N8O2. The standard InChI is InChI=1S/C29H34N8O2/c1-5-25(38)35-13-15-36(16-14-35)28-21-7-6-8-24(39-27-19(2)9-10-23-22(27)17-30-33-23)26(21)31-29(32-28)37-12-11-20(18-37)34(3)4/h5-10,17,20H,1,11-16,18H2,2-4H3,(H,30,33)/t20-/m0/s1. The van der Waals surface area contributed by atoms with Crippen LogP contribution in [0.15, 0.2) is 49.2 Å². The molecule has 1 N–H and O–H groups in total. The van der Waals surface area contributed by atoms with E-state index in [9.17, 15) is 4.79 Å². The molecule has 0 spiro atoms. The molecule has 1 atom stereocenters. The van der Waals surface area contributed by atoms with Crippen LogP contribution in [0, 0.1) is 6.92 Å². The SMILES string of the molecule is C=CC(=O)N1CCN(c2nc(N3CC[C@H](N(C)C)C3)nc3c(Oc4c(C)ccc5[nH]ncc45)cccc23)CC1. The molecule has 4 aromatic rings. The number of aryl methyl sites for hydroxylation is 1. The van der Waals surface area contributed by atoms with E-state index in [1.807, 2.05) is 36.1 Å². The number of carbonyl (C=O) groups is 1. The number of para-hydroxylation sites is 1. The summed E-state index contributed by atoms with van der Waals surface area (Å²) >= 11 is 0. The highest BCUT2D eigenvalue weighted by Crippen LogP contribution is 2.38. The van der Waals surface area contributed by atoms with Crippen molar-refractivity contribution in [2.75, 3.05) is 63.2 Å². The van der Waals surface area contributed by atoms with Gasteiger partial charge in [-0.2, -0.15) is 10.1 Å². The van der Waals surface area contributed by atoms with E-state index >= 15 is 0 Å². The number of fused-ring (bicyclic) bond motifs is 2. The van der Waals surface area contributed by atoms with Crippen molar-refractivity contribution in [2.24, 2.45) is 0 Å². The molecule has 0 radical (unpaired) electrons. The molecule has 0 unspecified atom stereocenters. The fourth-order valence-electron chi connectivity index (χ4n) is 5.52. The van der Waals surface area contributed by atoms with Crippen LogP contribution in [0.5, 0.6) is 11.5 Å². The summed E-state index contributed by atoms with van der Waals surface area (Å²) in [6, 6.07) is 10.5. The third-order valence-corrected chi connectivity index (χ3v) is 7.88. The molecule has 4 heterocycles. The van der Waals surface area contributed by atoms with Gasteiger partial charge in [0.05, 0.1) is 17.1 Å². The Hall–Kier alpha value is -4.18. The number of aromatic amines is 1. The molecular weight excluding hydrogens is 492 g/mol. The Labute approximate surface area is 227 Å². The Bertz CT molecular complexity index is 1540. The average molecular weight is 527 g/mol. The van der Waals surface area contributed by atoms with Gasteiger partial charge in [-0.3, -0.25) is 9.89 Å². The fraction of sp³-hybridized carbons (Fsp3) is 0.379. The second-order valence-electron chi connectivity index (χ2n) is 10.5. The van der Waals surface area contributed by atoms with Gasteiger partial charge in [0.25, 0.3) is 0 Å². The first kappa shape index (κ1) is 25.1. The molecule has 2 aliphatic rings. The van der Waals surface area contributed by atoms with Crippen molar-refractivity contribution >= 4 is 39.5 Å². The number of rotatable bonds is 6. The monoisotopic (exact) mass is 526 g/mol. The van der Waals surface area contributed by atoms with E-state index in [1.54, 1.807) is 6.20 Å².